The molecule has 8 nitrogen and oxygen atoms in total. The highest BCUT2D eigenvalue weighted by Crippen LogP contribution is 2.36. The zero-order chi connectivity index (χ0) is 16.6. The second kappa shape index (κ2) is 5.68. The van der Waals surface area contributed by atoms with Gasteiger partial charge >= 0.3 is 6.03 Å². The molecule has 3 rings (SSSR count). The number of amides is 4. The Morgan fingerprint density at radius 1 is 1.43 bits per heavy atom. The Bertz CT molecular complexity index is 645. The molecule has 4 amide bonds. The smallest absolute Gasteiger partial charge is 0.323 e. The van der Waals surface area contributed by atoms with Crippen LogP contribution in [0, 0.1) is 5.92 Å². The number of carbonyl (C=O) groups excluding carboxylic acids is 3. The van der Waals surface area contributed by atoms with Gasteiger partial charge in [-0.1, -0.05) is 6.92 Å². The molecule has 0 unspecified atom stereocenters. The quantitative estimate of drug-likeness (QED) is 0.808. The zero-order valence-corrected chi connectivity index (χ0v) is 13.3. The van der Waals surface area contributed by atoms with Crippen LogP contribution >= 0.6 is 0 Å². The molecule has 2 fully saturated rings. The first-order valence-corrected chi connectivity index (χ1v) is 7.83. The van der Waals surface area contributed by atoms with Crippen molar-refractivity contribution in [2.75, 3.05) is 11.9 Å². The molecule has 1 saturated carbocycles. The molecule has 0 aromatic carbocycles. The summed E-state index contributed by atoms with van der Waals surface area (Å²) in [6.07, 6.45) is 4.77. The van der Waals surface area contributed by atoms with Gasteiger partial charge in [-0.05, 0) is 31.6 Å². The Hall–Kier alpha value is -2.38. The van der Waals surface area contributed by atoms with Crippen LogP contribution in [0.3, 0.4) is 0 Å². The van der Waals surface area contributed by atoms with Gasteiger partial charge in [-0.2, -0.15) is 5.10 Å². The molecule has 8 heteroatoms. The van der Waals surface area contributed by atoms with Gasteiger partial charge in [-0.3, -0.25) is 19.2 Å². The van der Waals surface area contributed by atoms with E-state index in [-0.39, 0.29) is 12.5 Å². The maximum atomic E-state index is 12.6. The van der Waals surface area contributed by atoms with Crippen molar-refractivity contribution in [2.45, 2.75) is 38.1 Å². The predicted molar refractivity (Wildman–Crippen MR) is 82.4 cm³/mol. The highest BCUT2D eigenvalue weighted by atomic mass is 16.2. The second-order valence-electron chi connectivity index (χ2n) is 6.51. The van der Waals surface area contributed by atoms with E-state index in [1.54, 1.807) is 24.0 Å². The van der Waals surface area contributed by atoms with Crippen LogP contribution in [-0.4, -0.2) is 44.6 Å². The molecular weight excluding hydrogens is 298 g/mol. The monoisotopic (exact) mass is 319 g/mol. The summed E-state index contributed by atoms with van der Waals surface area (Å²) in [5, 5.41) is 9.42. The highest BCUT2D eigenvalue weighted by Gasteiger charge is 2.52. The van der Waals surface area contributed by atoms with Gasteiger partial charge < -0.3 is 10.6 Å². The first kappa shape index (κ1) is 15.5. The fraction of sp³-hybridized carbons (Fsp3) is 0.600. The van der Waals surface area contributed by atoms with Crippen LogP contribution in [0.5, 0.6) is 0 Å². The number of rotatable bonds is 3. The Labute approximate surface area is 134 Å². The van der Waals surface area contributed by atoms with E-state index >= 15 is 0 Å². The van der Waals surface area contributed by atoms with Crippen LogP contribution in [0.1, 0.15) is 32.6 Å². The van der Waals surface area contributed by atoms with Crippen LogP contribution in [0.2, 0.25) is 0 Å². The van der Waals surface area contributed by atoms with Crippen molar-refractivity contribution in [3.05, 3.63) is 12.3 Å². The highest BCUT2D eigenvalue weighted by molar-refractivity contribution is 6.10. The first-order valence-electron chi connectivity index (χ1n) is 7.83. The molecule has 1 aliphatic heterocycles. The molecule has 0 bridgehead atoms. The minimum Gasteiger partial charge on any atom is -0.323 e. The fourth-order valence-corrected chi connectivity index (χ4v) is 3.22. The van der Waals surface area contributed by atoms with Gasteiger partial charge in [0, 0.05) is 19.3 Å². The first-order chi connectivity index (χ1) is 10.9. The van der Waals surface area contributed by atoms with Crippen LogP contribution in [0.15, 0.2) is 12.3 Å². The standard InChI is InChI=1S/C15H21N5O3/c1-10-3-6-15(7-4-10)13(22)20(14(23)17-15)9-12(21)16-11-5-8-19(2)18-11/h5,8,10H,3-4,6-7,9H2,1-2H3,(H,17,23)(H,16,18,21). The molecule has 23 heavy (non-hydrogen) atoms. The van der Waals surface area contributed by atoms with Crippen molar-refractivity contribution in [2.24, 2.45) is 13.0 Å². The summed E-state index contributed by atoms with van der Waals surface area (Å²) in [4.78, 5) is 37.8. The van der Waals surface area contributed by atoms with Crippen LogP contribution in [0.4, 0.5) is 10.6 Å². The summed E-state index contributed by atoms with van der Waals surface area (Å²) in [5.41, 5.74) is -0.811. The average Bonchev–Trinajstić information content (AvgIpc) is 3.00. The number of imide groups is 1. The number of hydrogen-bond donors (Lipinski definition) is 2. The van der Waals surface area contributed by atoms with Crippen molar-refractivity contribution < 1.29 is 14.4 Å². The topological polar surface area (TPSA) is 96.3 Å². The lowest BCUT2D eigenvalue weighted by Crippen LogP contribution is -2.49. The van der Waals surface area contributed by atoms with Crippen molar-refractivity contribution >= 4 is 23.7 Å². The molecule has 0 radical (unpaired) electrons. The van der Waals surface area contributed by atoms with Gasteiger partial charge in [0.1, 0.15) is 12.1 Å². The number of aromatic nitrogens is 2. The fourth-order valence-electron chi connectivity index (χ4n) is 3.22. The molecule has 2 N–H and O–H groups in total. The van der Waals surface area contributed by atoms with E-state index in [0.29, 0.717) is 24.6 Å². The van der Waals surface area contributed by atoms with E-state index in [0.717, 1.165) is 17.7 Å². The lowest BCUT2D eigenvalue weighted by molar-refractivity contribution is -0.135. The molecule has 2 heterocycles. The summed E-state index contributed by atoms with van der Waals surface area (Å²) in [6.45, 7) is 1.85. The van der Waals surface area contributed by atoms with Crippen molar-refractivity contribution in [3.8, 4) is 0 Å². The van der Waals surface area contributed by atoms with E-state index in [2.05, 4.69) is 22.7 Å². The lowest BCUT2D eigenvalue weighted by atomic mass is 9.77. The molecular formula is C15H21N5O3. The number of hydrogen-bond acceptors (Lipinski definition) is 4. The number of nitrogens with zero attached hydrogens (tertiary/aromatic N) is 3. The maximum Gasteiger partial charge on any atom is 0.325 e. The van der Waals surface area contributed by atoms with Gasteiger partial charge in [-0.25, -0.2) is 4.79 Å². The third-order valence-corrected chi connectivity index (χ3v) is 4.66. The summed E-state index contributed by atoms with van der Waals surface area (Å²) < 4.78 is 1.56. The molecule has 1 spiro atoms. The van der Waals surface area contributed by atoms with Crippen molar-refractivity contribution in [1.29, 1.82) is 0 Å². The van der Waals surface area contributed by atoms with Gasteiger partial charge in [0.25, 0.3) is 5.91 Å². The largest absolute Gasteiger partial charge is 0.325 e. The van der Waals surface area contributed by atoms with E-state index in [1.165, 1.54) is 0 Å². The summed E-state index contributed by atoms with van der Waals surface area (Å²) >= 11 is 0. The third kappa shape index (κ3) is 2.93. The maximum absolute atomic E-state index is 12.6. The molecule has 1 aromatic heterocycles. The number of carbonyl (C=O) groups is 3. The molecule has 124 valence electrons. The van der Waals surface area contributed by atoms with Gasteiger partial charge in [0.15, 0.2) is 5.82 Å². The average molecular weight is 319 g/mol. The number of urea groups is 1. The summed E-state index contributed by atoms with van der Waals surface area (Å²) in [6, 6.07) is 1.16. The summed E-state index contributed by atoms with van der Waals surface area (Å²) in [5.74, 6) is 0.233. The molecule has 1 saturated heterocycles. The van der Waals surface area contributed by atoms with Crippen LogP contribution < -0.4 is 10.6 Å². The molecule has 0 atom stereocenters. The summed E-state index contributed by atoms with van der Waals surface area (Å²) in [7, 11) is 1.74. The van der Waals surface area contributed by atoms with E-state index < -0.39 is 17.5 Å². The molecule has 1 aromatic rings. The van der Waals surface area contributed by atoms with E-state index in [4.69, 9.17) is 0 Å². The second-order valence-corrected chi connectivity index (χ2v) is 6.51. The number of aryl methyl sites for hydroxylation is 1. The predicted octanol–water partition coefficient (Wildman–Crippen LogP) is 0.859. The Kier molecular flexibility index (Phi) is 3.83. The van der Waals surface area contributed by atoms with Crippen molar-refractivity contribution in [3.63, 3.8) is 0 Å². The lowest BCUT2D eigenvalue weighted by Gasteiger charge is -2.33. The zero-order valence-electron chi connectivity index (χ0n) is 13.3. The van der Waals surface area contributed by atoms with Gasteiger partial charge in [0.05, 0.1) is 0 Å². The Balaban J connectivity index is 1.65. The number of nitrogens with one attached hydrogen (secondary N) is 2. The number of anilines is 1. The van der Waals surface area contributed by atoms with Crippen LogP contribution in [-0.2, 0) is 16.6 Å². The van der Waals surface area contributed by atoms with E-state index in [1.807, 2.05) is 0 Å². The molecule has 2 aliphatic rings. The van der Waals surface area contributed by atoms with E-state index in [9.17, 15) is 14.4 Å². The van der Waals surface area contributed by atoms with Crippen molar-refractivity contribution in [1.82, 2.24) is 20.0 Å². The normalized spacial score (nSPS) is 27.4. The Morgan fingerprint density at radius 2 is 2.13 bits per heavy atom. The minimum atomic E-state index is -0.811. The SMILES string of the molecule is CC1CCC2(CC1)NC(=O)N(CC(=O)Nc1ccn(C)n1)C2=O. The minimum absolute atomic E-state index is 0.287. The third-order valence-electron chi connectivity index (χ3n) is 4.66. The van der Waals surface area contributed by atoms with Gasteiger partial charge in [-0.15, -0.1) is 0 Å². The Morgan fingerprint density at radius 3 is 2.74 bits per heavy atom. The van der Waals surface area contributed by atoms with Gasteiger partial charge in [0.2, 0.25) is 5.91 Å². The van der Waals surface area contributed by atoms with Crippen LogP contribution in [0.25, 0.3) is 0 Å². The molecule has 1 aliphatic carbocycles.